The Morgan fingerprint density at radius 2 is 1.96 bits per heavy atom. The summed E-state index contributed by atoms with van der Waals surface area (Å²) in [5.74, 6) is -0.225. The van der Waals surface area contributed by atoms with Gasteiger partial charge >= 0.3 is 0 Å². The molecule has 0 saturated carbocycles. The molecule has 1 heterocycles. The van der Waals surface area contributed by atoms with Gasteiger partial charge in [-0.15, -0.1) is 0 Å². The van der Waals surface area contributed by atoms with Crippen LogP contribution in [0, 0.1) is 0 Å². The summed E-state index contributed by atoms with van der Waals surface area (Å²) in [6, 6.07) is 8.99. The highest BCUT2D eigenvalue weighted by Crippen LogP contribution is 2.36. The van der Waals surface area contributed by atoms with Crippen molar-refractivity contribution in [3.8, 4) is 17.2 Å². The third-order valence-corrected chi connectivity index (χ3v) is 4.40. The molecule has 0 aliphatic carbocycles. The smallest absolute Gasteiger partial charge is 0.290 e. The molecule has 2 N–H and O–H groups in total. The van der Waals surface area contributed by atoms with Gasteiger partial charge < -0.3 is 9.84 Å². The molecule has 25 heavy (non-hydrogen) atoms. The number of thioether (sulfide) groups is 1. The Labute approximate surface area is 151 Å². The van der Waals surface area contributed by atoms with E-state index in [1.807, 2.05) is 0 Å². The van der Waals surface area contributed by atoms with E-state index in [4.69, 9.17) is 16.3 Å². The molecule has 1 saturated heterocycles. The predicted octanol–water partition coefficient (Wildman–Crippen LogP) is 4.63. The van der Waals surface area contributed by atoms with Crippen molar-refractivity contribution in [3.63, 3.8) is 0 Å². The molecule has 0 spiro atoms. The topological polar surface area (TPSA) is 75.6 Å². The number of halogens is 2. The average Bonchev–Trinajstić information content (AvgIpc) is 2.89. The van der Waals surface area contributed by atoms with Gasteiger partial charge in [0.05, 0.1) is 9.93 Å². The van der Waals surface area contributed by atoms with Crippen molar-refractivity contribution in [2.24, 2.45) is 0 Å². The minimum atomic E-state index is -0.636. The number of phenolic OH excluding ortho intramolecular Hbond substituents is 1. The Balaban J connectivity index is 1.82. The number of ether oxygens (including phenoxy) is 1. The van der Waals surface area contributed by atoms with E-state index in [1.165, 1.54) is 36.4 Å². The van der Waals surface area contributed by atoms with Crippen molar-refractivity contribution in [1.29, 1.82) is 0 Å². The Bertz CT molecular complexity index is 900. The highest BCUT2D eigenvalue weighted by atomic mass is 35.5. The Hall–Kier alpha value is -2.51. The molecule has 0 unspecified atom stereocenters. The number of amides is 2. The molecular weight excluding hydrogens is 369 g/mol. The van der Waals surface area contributed by atoms with Gasteiger partial charge in [0.2, 0.25) is 0 Å². The van der Waals surface area contributed by atoms with Gasteiger partial charge in [0.15, 0.2) is 11.5 Å². The fourth-order valence-corrected chi connectivity index (χ4v) is 3.04. The number of aromatic hydroxyl groups is 1. The van der Waals surface area contributed by atoms with Gasteiger partial charge in [-0.2, -0.15) is 0 Å². The van der Waals surface area contributed by atoms with Crippen molar-refractivity contribution >= 4 is 40.6 Å². The van der Waals surface area contributed by atoms with Gasteiger partial charge in [-0.1, -0.05) is 23.7 Å². The van der Waals surface area contributed by atoms with Crippen LogP contribution in [0.1, 0.15) is 11.1 Å². The number of carbonyl (C=O) groups excluding carboxylic acids is 2. The molecule has 1 aliphatic rings. The van der Waals surface area contributed by atoms with Crippen LogP contribution in [0.4, 0.5) is 9.18 Å². The summed E-state index contributed by atoms with van der Waals surface area (Å²) in [6.07, 6.45) is 1.48. The summed E-state index contributed by atoms with van der Waals surface area (Å²) in [5.41, 5.74) is 0.946. The van der Waals surface area contributed by atoms with Crippen molar-refractivity contribution in [2.45, 2.75) is 6.67 Å². The highest BCUT2D eigenvalue weighted by molar-refractivity contribution is 8.18. The number of carbonyl (C=O) groups is 2. The average molecular weight is 380 g/mol. The standard InChI is InChI=1S/C17H11ClFNO4S/c18-11-5-10(8-19)2-3-13(11)24-14-4-1-9(6-12(14)21)7-15-16(22)20-17(23)25-15/h1-7,21H,8H2,(H,20,22,23)/b15-7-. The van der Waals surface area contributed by atoms with E-state index in [-0.39, 0.29) is 27.2 Å². The molecule has 0 atom stereocenters. The first-order valence-corrected chi connectivity index (χ1v) is 8.26. The molecule has 2 aromatic rings. The van der Waals surface area contributed by atoms with Crippen molar-refractivity contribution < 1.29 is 23.8 Å². The first kappa shape index (κ1) is 17.3. The summed E-state index contributed by atoms with van der Waals surface area (Å²) in [4.78, 5) is 22.9. The molecule has 2 aromatic carbocycles. The summed E-state index contributed by atoms with van der Waals surface area (Å²) < 4.78 is 18.1. The molecule has 1 fully saturated rings. The number of imide groups is 1. The number of benzene rings is 2. The Kier molecular flexibility index (Phi) is 4.96. The lowest BCUT2D eigenvalue weighted by molar-refractivity contribution is -0.115. The SMILES string of the molecule is O=C1NC(=O)/C(=C/c2ccc(Oc3ccc(CF)cc3Cl)c(O)c2)S1. The quantitative estimate of drug-likeness (QED) is 0.757. The van der Waals surface area contributed by atoms with E-state index in [9.17, 15) is 19.1 Å². The van der Waals surface area contributed by atoms with E-state index in [1.54, 1.807) is 6.07 Å². The molecule has 2 amide bonds. The maximum absolute atomic E-state index is 12.6. The largest absolute Gasteiger partial charge is 0.504 e. The summed E-state index contributed by atoms with van der Waals surface area (Å²) in [6.45, 7) is -0.636. The lowest BCUT2D eigenvalue weighted by Gasteiger charge is -2.10. The molecule has 0 radical (unpaired) electrons. The number of alkyl halides is 1. The molecule has 0 bridgehead atoms. The second kappa shape index (κ2) is 7.16. The normalized spacial score (nSPS) is 15.5. The second-order valence-corrected chi connectivity index (χ2v) is 6.50. The maximum atomic E-state index is 12.6. The van der Waals surface area contributed by atoms with Crippen LogP contribution in [0.15, 0.2) is 41.3 Å². The van der Waals surface area contributed by atoms with Crippen molar-refractivity contribution in [1.82, 2.24) is 5.32 Å². The van der Waals surface area contributed by atoms with Gasteiger partial charge in [-0.05, 0) is 53.2 Å². The first-order valence-electron chi connectivity index (χ1n) is 7.06. The number of rotatable bonds is 4. The monoisotopic (exact) mass is 379 g/mol. The third-order valence-electron chi connectivity index (χ3n) is 3.29. The minimum Gasteiger partial charge on any atom is -0.504 e. The van der Waals surface area contributed by atoms with Crippen LogP contribution < -0.4 is 10.1 Å². The third kappa shape index (κ3) is 3.94. The van der Waals surface area contributed by atoms with E-state index in [0.29, 0.717) is 11.1 Å². The predicted molar refractivity (Wildman–Crippen MR) is 93.6 cm³/mol. The molecule has 5 nitrogen and oxygen atoms in total. The van der Waals surface area contributed by atoms with E-state index in [0.717, 1.165) is 11.8 Å². The zero-order valence-corrected chi connectivity index (χ0v) is 14.2. The van der Waals surface area contributed by atoms with E-state index in [2.05, 4.69) is 5.32 Å². The molecular formula is C17H11ClFNO4S. The maximum Gasteiger partial charge on any atom is 0.290 e. The van der Waals surface area contributed by atoms with Crippen LogP contribution in [0.2, 0.25) is 5.02 Å². The van der Waals surface area contributed by atoms with Gasteiger partial charge in [-0.3, -0.25) is 14.9 Å². The van der Waals surface area contributed by atoms with Crippen LogP contribution >= 0.6 is 23.4 Å². The number of hydrogen-bond donors (Lipinski definition) is 2. The fourth-order valence-electron chi connectivity index (χ4n) is 2.11. The Morgan fingerprint density at radius 3 is 2.56 bits per heavy atom. The van der Waals surface area contributed by atoms with Crippen LogP contribution in [-0.2, 0) is 11.5 Å². The van der Waals surface area contributed by atoms with E-state index < -0.39 is 17.8 Å². The summed E-state index contributed by atoms with van der Waals surface area (Å²) in [5, 5.41) is 12.0. The molecule has 128 valence electrons. The highest BCUT2D eigenvalue weighted by Gasteiger charge is 2.25. The van der Waals surface area contributed by atoms with Crippen molar-refractivity contribution in [2.75, 3.05) is 0 Å². The number of phenols is 1. The zero-order chi connectivity index (χ0) is 18.0. The van der Waals surface area contributed by atoms with Crippen LogP contribution in [0.25, 0.3) is 6.08 Å². The Morgan fingerprint density at radius 1 is 1.20 bits per heavy atom. The van der Waals surface area contributed by atoms with Gasteiger partial charge in [-0.25, -0.2) is 4.39 Å². The van der Waals surface area contributed by atoms with Gasteiger partial charge in [0.25, 0.3) is 11.1 Å². The fraction of sp³-hybridized carbons (Fsp3) is 0.0588. The molecule has 1 aliphatic heterocycles. The second-order valence-electron chi connectivity index (χ2n) is 5.08. The summed E-state index contributed by atoms with van der Waals surface area (Å²) in [7, 11) is 0. The van der Waals surface area contributed by atoms with Crippen molar-refractivity contribution in [3.05, 3.63) is 57.5 Å². The van der Waals surface area contributed by atoms with Gasteiger partial charge in [0, 0.05) is 0 Å². The van der Waals surface area contributed by atoms with Crippen LogP contribution in [0.3, 0.4) is 0 Å². The van der Waals surface area contributed by atoms with Crippen LogP contribution in [0.5, 0.6) is 17.2 Å². The molecule has 3 rings (SSSR count). The van der Waals surface area contributed by atoms with Gasteiger partial charge in [0.1, 0.15) is 12.4 Å². The minimum absolute atomic E-state index is 0.150. The summed E-state index contributed by atoms with van der Waals surface area (Å²) >= 11 is 6.81. The number of hydrogen-bond acceptors (Lipinski definition) is 5. The first-order chi connectivity index (χ1) is 12.0. The lowest BCUT2D eigenvalue weighted by Crippen LogP contribution is -2.17. The lowest BCUT2D eigenvalue weighted by atomic mass is 10.2. The number of nitrogens with one attached hydrogen (secondary N) is 1. The molecule has 0 aromatic heterocycles. The zero-order valence-electron chi connectivity index (χ0n) is 12.6. The molecule has 8 heteroatoms. The van der Waals surface area contributed by atoms with E-state index >= 15 is 0 Å². The van der Waals surface area contributed by atoms with Crippen LogP contribution in [-0.4, -0.2) is 16.3 Å².